The second kappa shape index (κ2) is 9.62. The van der Waals surface area contributed by atoms with Crippen LogP contribution in [0.5, 0.6) is 5.75 Å². The number of guanidine groups is 1. The van der Waals surface area contributed by atoms with E-state index in [1.54, 1.807) is 14.2 Å². The molecule has 1 aliphatic carbocycles. The molecule has 3 N–H and O–H groups in total. The van der Waals surface area contributed by atoms with Crippen LogP contribution in [0, 0.1) is 11.3 Å². The quantitative estimate of drug-likeness (QED) is 0.481. The van der Waals surface area contributed by atoms with Crippen molar-refractivity contribution in [3.63, 3.8) is 0 Å². The molecule has 0 heterocycles. The lowest BCUT2D eigenvalue weighted by Gasteiger charge is -2.43. The van der Waals surface area contributed by atoms with Crippen molar-refractivity contribution in [1.82, 2.24) is 10.6 Å². The Morgan fingerprint density at radius 2 is 2.04 bits per heavy atom. The Kier molecular flexibility index (Phi) is 7.51. The van der Waals surface area contributed by atoms with Crippen LogP contribution >= 0.6 is 0 Å². The van der Waals surface area contributed by atoms with Gasteiger partial charge >= 0.3 is 0 Å². The van der Waals surface area contributed by atoms with Crippen molar-refractivity contribution >= 4 is 17.6 Å². The Hall–Kier alpha value is -2.24. The van der Waals surface area contributed by atoms with E-state index < -0.39 is 0 Å². The first-order valence-corrected chi connectivity index (χ1v) is 9.76. The second-order valence-electron chi connectivity index (χ2n) is 7.95. The number of aliphatic imine (C=N–C) groups is 1. The summed E-state index contributed by atoms with van der Waals surface area (Å²) in [5.74, 6) is 2.05. The molecule has 0 aliphatic heterocycles. The molecule has 0 saturated heterocycles. The molecule has 1 aliphatic rings. The Morgan fingerprint density at radius 3 is 2.56 bits per heavy atom. The molecule has 1 aromatic rings. The van der Waals surface area contributed by atoms with Gasteiger partial charge in [0.2, 0.25) is 5.91 Å². The van der Waals surface area contributed by atoms with Gasteiger partial charge in [0.25, 0.3) is 0 Å². The topological polar surface area (TPSA) is 74.8 Å². The van der Waals surface area contributed by atoms with E-state index in [9.17, 15) is 4.79 Å². The number of ether oxygens (including phenoxy) is 1. The van der Waals surface area contributed by atoms with E-state index in [1.165, 1.54) is 32.6 Å². The van der Waals surface area contributed by atoms with E-state index in [2.05, 4.69) is 34.8 Å². The highest BCUT2D eigenvalue weighted by Gasteiger charge is 2.37. The van der Waals surface area contributed by atoms with E-state index in [0.717, 1.165) is 18.1 Å². The summed E-state index contributed by atoms with van der Waals surface area (Å²) in [6.45, 7) is 7.66. The fourth-order valence-electron chi connectivity index (χ4n) is 3.83. The lowest BCUT2D eigenvalue weighted by atomic mass is 9.64. The number of nitrogens with one attached hydrogen (secondary N) is 3. The van der Waals surface area contributed by atoms with Gasteiger partial charge in [-0.05, 0) is 48.3 Å². The third-order valence-corrected chi connectivity index (χ3v) is 5.14. The van der Waals surface area contributed by atoms with Gasteiger partial charge in [-0.15, -0.1) is 0 Å². The predicted molar refractivity (Wildman–Crippen MR) is 111 cm³/mol. The normalized spacial score (nSPS) is 15.9. The number of amides is 1. The van der Waals surface area contributed by atoms with Crippen LogP contribution in [-0.4, -0.2) is 32.6 Å². The number of anilines is 1. The lowest BCUT2D eigenvalue weighted by Crippen LogP contribution is -2.46. The van der Waals surface area contributed by atoms with E-state index in [1.807, 2.05) is 18.2 Å². The van der Waals surface area contributed by atoms with E-state index >= 15 is 0 Å². The van der Waals surface area contributed by atoms with Crippen molar-refractivity contribution in [1.29, 1.82) is 0 Å². The first-order valence-electron chi connectivity index (χ1n) is 9.76. The molecule has 1 aromatic carbocycles. The molecule has 27 heavy (non-hydrogen) atoms. The van der Waals surface area contributed by atoms with Crippen LogP contribution in [0.15, 0.2) is 23.2 Å². The monoisotopic (exact) mass is 374 g/mol. The smallest absolute Gasteiger partial charge is 0.221 e. The minimum absolute atomic E-state index is 0.119. The molecule has 0 unspecified atom stereocenters. The molecule has 0 atom stereocenters. The summed E-state index contributed by atoms with van der Waals surface area (Å²) in [7, 11) is 3.39. The fourth-order valence-corrected chi connectivity index (χ4v) is 3.83. The number of carbonyl (C=O) groups is 1. The number of hydrogen-bond acceptors (Lipinski definition) is 3. The summed E-state index contributed by atoms with van der Waals surface area (Å²) < 4.78 is 5.30. The molecular formula is C21H34N4O2. The highest BCUT2D eigenvalue weighted by Crippen LogP contribution is 2.45. The third-order valence-electron chi connectivity index (χ3n) is 5.14. The number of nitrogens with zero attached hydrogens (tertiary/aromatic N) is 1. The second-order valence-corrected chi connectivity index (χ2v) is 7.95. The zero-order valence-corrected chi connectivity index (χ0v) is 17.3. The number of benzene rings is 1. The van der Waals surface area contributed by atoms with E-state index in [4.69, 9.17) is 4.74 Å². The van der Waals surface area contributed by atoms with Crippen LogP contribution < -0.4 is 20.7 Å². The molecule has 150 valence electrons. The first-order chi connectivity index (χ1) is 12.9. The van der Waals surface area contributed by atoms with Gasteiger partial charge in [-0.2, -0.15) is 0 Å². The lowest BCUT2D eigenvalue weighted by molar-refractivity contribution is -0.114. The summed E-state index contributed by atoms with van der Waals surface area (Å²) in [5, 5.41) is 9.67. The van der Waals surface area contributed by atoms with Crippen molar-refractivity contribution in [3.05, 3.63) is 23.8 Å². The van der Waals surface area contributed by atoms with Gasteiger partial charge in [-0.3, -0.25) is 9.79 Å². The molecule has 0 bridgehead atoms. The minimum Gasteiger partial charge on any atom is -0.495 e. The van der Waals surface area contributed by atoms with Crippen molar-refractivity contribution < 1.29 is 9.53 Å². The van der Waals surface area contributed by atoms with Crippen molar-refractivity contribution in [2.45, 2.75) is 53.0 Å². The fraction of sp³-hybridized carbons (Fsp3) is 0.619. The van der Waals surface area contributed by atoms with Gasteiger partial charge in [-0.1, -0.05) is 26.3 Å². The van der Waals surface area contributed by atoms with Gasteiger partial charge in [0.15, 0.2) is 5.96 Å². The molecule has 0 radical (unpaired) electrons. The third kappa shape index (κ3) is 6.15. The van der Waals surface area contributed by atoms with E-state index in [0.29, 0.717) is 29.3 Å². The largest absolute Gasteiger partial charge is 0.495 e. The standard InChI is InChI=1S/C21H34N4O2/c1-15(2)12-21(9-6-10-21)14-24-20(22-4)23-13-17-7-8-19(27-5)18(11-17)25-16(3)26/h7-8,11,15H,6,9-10,12-14H2,1-5H3,(H,25,26)(H2,22,23,24). The average molecular weight is 375 g/mol. The number of hydrogen-bond donors (Lipinski definition) is 3. The maximum Gasteiger partial charge on any atom is 0.221 e. The Morgan fingerprint density at radius 1 is 1.30 bits per heavy atom. The van der Waals surface area contributed by atoms with Crippen molar-refractivity contribution in [2.24, 2.45) is 16.3 Å². The zero-order chi connectivity index (χ0) is 19.9. The van der Waals surface area contributed by atoms with Gasteiger partial charge in [0, 0.05) is 27.1 Å². The van der Waals surface area contributed by atoms with Crippen LogP contribution in [-0.2, 0) is 11.3 Å². The average Bonchev–Trinajstić information content (AvgIpc) is 2.58. The van der Waals surface area contributed by atoms with Gasteiger partial charge in [0.1, 0.15) is 5.75 Å². The van der Waals surface area contributed by atoms with E-state index in [-0.39, 0.29) is 5.91 Å². The van der Waals surface area contributed by atoms with Crippen molar-refractivity contribution in [3.8, 4) is 5.75 Å². The van der Waals surface area contributed by atoms with Crippen LogP contribution in [0.25, 0.3) is 0 Å². The number of carbonyl (C=O) groups excluding carboxylic acids is 1. The van der Waals surface area contributed by atoms with Crippen LogP contribution in [0.1, 0.15) is 52.0 Å². The maximum atomic E-state index is 11.4. The number of methoxy groups -OCH3 is 1. The van der Waals surface area contributed by atoms with Crippen LogP contribution in [0.2, 0.25) is 0 Å². The molecule has 1 fully saturated rings. The van der Waals surface area contributed by atoms with Crippen LogP contribution in [0.4, 0.5) is 5.69 Å². The molecule has 0 aromatic heterocycles. The SMILES string of the molecule is CN=C(NCc1ccc(OC)c(NC(C)=O)c1)NCC1(CC(C)C)CCC1. The molecule has 6 nitrogen and oxygen atoms in total. The summed E-state index contributed by atoms with van der Waals surface area (Å²) in [6, 6.07) is 5.77. The highest BCUT2D eigenvalue weighted by atomic mass is 16.5. The first kappa shape index (κ1) is 21.1. The molecule has 1 saturated carbocycles. The molecule has 6 heteroatoms. The van der Waals surface area contributed by atoms with Crippen molar-refractivity contribution in [2.75, 3.05) is 26.0 Å². The van der Waals surface area contributed by atoms with Gasteiger partial charge < -0.3 is 20.7 Å². The molecule has 2 rings (SSSR count). The van der Waals surface area contributed by atoms with Gasteiger partial charge in [-0.25, -0.2) is 0 Å². The summed E-state index contributed by atoms with van der Waals surface area (Å²) in [4.78, 5) is 15.7. The molecular weight excluding hydrogens is 340 g/mol. The predicted octanol–water partition coefficient (Wildman–Crippen LogP) is 3.54. The Bertz CT molecular complexity index is 666. The molecule has 1 amide bonds. The highest BCUT2D eigenvalue weighted by molar-refractivity contribution is 5.90. The summed E-state index contributed by atoms with van der Waals surface area (Å²) in [6.07, 6.45) is 5.19. The van der Waals surface area contributed by atoms with Gasteiger partial charge in [0.05, 0.1) is 12.8 Å². The minimum atomic E-state index is -0.119. The Labute approximate surface area is 163 Å². The zero-order valence-electron chi connectivity index (χ0n) is 17.3. The maximum absolute atomic E-state index is 11.4. The Balaban J connectivity index is 1.93. The molecule has 0 spiro atoms. The van der Waals surface area contributed by atoms with Crippen LogP contribution in [0.3, 0.4) is 0 Å². The summed E-state index contributed by atoms with van der Waals surface area (Å²) in [5.41, 5.74) is 2.14. The summed E-state index contributed by atoms with van der Waals surface area (Å²) >= 11 is 0. The number of rotatable bonds is 8.